The lowest BCUT2D eigenvalue weighted by Gasteiger charge is -1.93. The van der Waals surface area contributed by atoms with E-state index in [1.807, 2.05) is 24.5 Å². The fourth-order valence-electron chi connectivity index (χ4n) is 1.21. The molecule has 0 N–H and O–H groups in total. The number of carbonyl (C=O) groups is 1. The molecule has 2 aromatic rings. The molecular formula is C10H9NOS2. The molecule has 1 aromatic heterocycles. The number of ketones is 1. The second-order valence-corrected chi connectivity index (χ2v) is 5.01. The first-order chi connectivity index (χ1) is 6.70. The maximum Gasteiger partial charge on any atom is 0.159 e. The van der Waals surface area contributed by atoms with E-state index in [0.717, 1.165) is 20.1 Å². The second-order valence-electron chi connectivity index (χ2n) is 2.92. The number of carbonyl (C=O) groups excluding carboxylic acids is 1. The Labute approximate surface area is 90.4 Å². The lowest BCUT2D eigenvalue weighted by molar-refractivity contribution is 0.101. The van der Waals surface area contributed by atoms with Crippen molar-refractivity contribution in [3.05, 3.63) is 23.8 Å². The summed E-state index contributed by atoms with van der Waals surface area (Å²) in [5.41, 5.74) is 1.73. The molecule has 0 saturated heterocycles. The van der Waals surface area contributed by atoms with Gasteiger partial charge in [-0.1, -0.05) is 11.8 Å². The van der Waals surface area contributed by atoms with Gasteiger partial charge in [0.1, 0.15) is 0 Å². The number of thioether (sulfide) groups is 1. The normalized spacial score (nSPS) is 10.7. The molecule has 4 heteroatoms. The van der Waals surface area contributed by atoms with Gasteiger partial charge in [-0.05, 0) is 31.4 Å². The van der Waals surface area contributed by atoms with Crippen LogP contribution in [0.25, 0.3) is 10.2 Å². The molecule has 1 aromatic carbocycles. The van der Waals surface area contributed by atoms with Gasteiger partial charge in [0, 0.05) is 5.56 Å². The third-order valence-corrected chi connectivity index (χ3v) is 3.95. The number of thiazole rings is 1. The van der Waals surface area contributed by atoms with Gasteiger partial charge in [0.2, 0.25) is 0 Å². The predicted octanol–water partition coefficient (Wildman–Crippen LogP) is 3.22. The number of hydrogen-bond acceptors (Lipinski definition) is 4. The van der Waals surface area contributed by atoms with E-state index in [9.17, 15) is 4.79 Å². The Morgan fingerprint density at radius 1 is 1.50 bits per heavy atom. The lowest BCUT2D eigenvalue weighted by Crippen LogP contribution is -1.89. The van der Waals surface area contributed by atoms with E-state index >= 15 is 0 Å². The van der Waals surface area contributed by atoms with Crippen LogP contribution in [0.1, 0.15) is 17.3 Å². The number of rotatable bonds is 2. The third kappa shape index (κ3) is 1.67. The standard InChI is InChI=1S/C10H9NOS2/c1-6(12)7-3-4-8-9(5-7)14-10(11-8)13-2/h3-5H,1-2H3. The van der Waals surface area contributed by atoms with Crippen molar-refractivity contribution >= 4 is 39.1 Å². The first-order valence-corrected chi connectivity index (χ1v) is 6.20. The highest BCUT2D eigenvalue weighted by Gasteiger charge is 2.05. The summed E-state index contributed by atoms with van der Waals surface area (Å²) < 4.78 is 2.13. The van der Waals surface area contributed by atoms with Crippen molar-refractivity contribution in [2.45, 2.75) is 11.3 Å². The number of nitrogens with zero attached hydrogens (tertiary/aromatic N) is 1. The minimum absolute atomic E-state index is 0.103. The summed E-state index contributed by atoms with van der Waals surface area (Å²) in [4.78, 5) is 15.5. The van der Waals surface area contributed by atoms with Crippen LogP contribution in [0.3, 0.4) is 0 Å². The molecule has 0 amide bonds. The predicted molar refractivity (Wildman–Crippen MR) is 61.4 cm³/mol. The molecule has 0 saturated carbocycles. The Balaban J connectivity index is 2.59. The molecule has 0 unspecified atom stereocenters. The van der Waals surface area contributed by atoms with Crippen LogP contribution in [-0.4, -0.2) is 17.0 Å². The van der Waals surface area contributed by atoms with Gasteiger partial charge in [0.05, 0.1) is 10.2 Å². The Morgan fingerprint density at radius 2 is 2.29 bits per heavy atom. The van der Waals surface area contributed by atoms with Crippen LogP contribution in [0.5, 0.6) is 0 Å². The quantitative estimate of drug-likeness (QED) is 0.578. The van der Waals surface area contributed by atoms with Crippen molar-refractivity contribution in [2.24, 2.45) is 0 Å². The summed E-state index contributed by atoms with van der Waals surface area (Å²) in [5.74, 6) is 0.103. The fraction of sp³-hybridized carbons (Fsp3) is 0.200. The highest BCUT2D eigenvalue weighted by molar-refractivity contribution is 8.00. The van der Waals surface area contributed by atoms with E-state index in [-0.39, 0.29) is 5.78 Å². The van der Waals surface area contributed by atoms with E-state index in [0.29, 0.717) is 0 Å². The van der Waals surface area contributed by atoms with Crippen LogP contribution in [0.2, 0.25) is 0 Å². The summed E-state index contributed by atoms with van der Waals surface area (Å²) in [5, 5.41) is 0. The van der Waals surface area contributed by atoms with Crippen LogP contribution in [0.4, 0.5) is 0 Å². The number of hydrogen-bond donors (Lipinski definition) is 0. The first-order valence-electron chi connectivity index (χ1n) is 4.16. The van der Waals surface area contributed by atoms with Crippen molar-refractivity contribution in [1.82, 2.24) is 4.98 Å². The van der Waals surface area contributed by atoms with Crippen LogP contribution in [0, 0.1) is 0 Å². The maximum absolute atomic E-state index is 11.1. The molecule has 0 aliphatic heterocycles. The van der Waals surface area contributed by atoms with Crippen LogP contribution < -0.4 is 0 Å². The Hall–Kier alpha value is -0.870. The first kappa shape index (κ1) is 9.68. The van der Waals surface area contributed by atoms with Gasteiger partial charge < -0.3 is 0 Å². The lowest BCUT2D eigenvalue weighted by atomic mass is 10.1. The molecular weight excluding hydrogens is 214 g/mol. The summed E-state index contributed by atoms with van der Waals surface area (Å²) in [6.45, 7) is 1.58. The Bertz CT molecular complexity index is 490. The summed E-state index contributed by atoms with van der Waals surface area (Å²) in [7, 11) is 0. The Kier molecular flexibility index (Phi) is 2.56. The Morgan fingerprint density at radius 3 is 2.93 bits per heavy atom. The summed E-state index contributed by atoms with van der Waals surface area (Å²) >= 11 is 3.26. The van der Waals surface area contributed by atoms with Gasteiger partial charge in [-0.25, -0.2) is 4.98 Å². The molecule has 0 fully saturated rings. The van der Waals surface area contributed by atoms with Gasteiger partial charge in [0.15, 0.2) is 10.1 Å². The minimum Gasteiger partial charge on any atom is -0.295 e. The average molecular weight is 223 g/mol. The number of fused-ring (bicyclic) bond motifs is 1. The summed E-state index contributed by atoms with van der Waals surface area (Å²) in [6.07, 6.45) is 2.00. The average Bonchev–Trinajstić information content (AvgIpc) is 2.58. The molecule has 0 bridgehead atoms. The van der Waals surface area contributed by atoms with E-state index in [1.165, 1.54) is 0 Å². The molecule has 2 rings (SSSR count). The largest absolute Gasteiger partial charge is 0.295 e. The van der Waals surface area contributed by atoms with Gasteiger partial charge in [-0.3, -0.25) is 4.79 Å². The highest BCUT2D eigenvalue weighted by Crippen LogP contribution is 2.28. The maximum atomic E-state index is 11.1. The molecule has 2 nitrogen and oxygen atoms in total. The van der Waals surface area contributed by atoms with Crippen molar-refractivity contribution < 1.29 is 4.79 Å². The molecule has 0 spiro atoms. The van der Waals surface area contributed by atoms with E-state index in [4.69, 9.17) is 0 Å². The van der Waals surface area contributed by atoms with Gasteiger partial charge in [0.25, 0.3) is 0 Å². The van der Waals surface area contributed by atoms with Gasteiger partial charge >= 0.3 is 0 Å². The van der Waals surface area contributed by atoms with Crippen molar-refractivity contribution in [3.63, 3.8) is 0 Å². The second kappa shape index (κ2) is 3.71. The number of Topliss-reactive ketones (excluding diaryl/α,β-unsaturated/α-hetero) is 1. The minimum atomic E-state index is 0.103. The van der Waals surface area contributed by atoms with Gasteiger partial charge in [-0.2, -0.15) is 0 Å². The highest BCUT2D eigenvalue weighted by atomic mass is 32.2. The molecule has 1 heterocycles. The van der Waals surface area contributed by atoms with Crippen molar-refractivity contribution in [2.75, 3.05) is 6.26 Å². The molecule has 14 heavy (non-hydrogen) atoms. The molecule has 0 aliphatic rings. The van der Waals surface area contributed by atoms with E-state index in [1.54, 1.807) is 30.0 Å². The summed E-state index contributed by atoms with van der Waals surface area (Å²) in [6, 6.07) is 5.64. The zero-order valence-electron chi connectivity index (χ0n) is 7.90. The SMILES string of the molecule is CSc1nc2ccc(C(C)=O)cc2s1. The monoisotopic (exact) mass is 223 g/mol. The number of benzene rings is 1. The van der Waals surface area contributed by atoms with E-state index < -0.39 is 0 Å². The molecule has 0 radical (unpaired) electrons. The van der Waals surface area contributed by atoms with E-state index in [2.05, 4.69) is 4.98 Å². The van der Waals surface area contributed by atoms with Crippen molar-refractivity contribution in [3.8, 4) is 0 Å². The van der Waals surface area contributed by atoms with Crippen LogP contribution in [-0.2, 0) is 0 Å². The zero-order valence-corrected chi connectivity index (χ0v) is 9.54. The fourth-order valence-corrected chi connectivity index (χ4v) is 2.74. The van der Waals surface area contributed by atoms with Crippen LogP contribution in [0.15, 0.2) is 22.5 Å². The molecule has 72 valence electrons. The molecule has 0 aliphatic carbocycles. The van der Waals surface area contributed by atoms with Gasteiger partial charge in [-0.15, -0.1) is 11.3 Å². The van der Waals surface area contributed by atoms with Crippen LogP contribution >= 0.6 is 23.1 Å². The zero-order chi connectivity index (χ0) is 10.1. The topological polar surface area (TPSA) is 30.0 Å². The smallest absolute Gasteiger partial charge is 0.159 e. The molecule has 0 atom stereocenters. The third-order valence-electron chi connectivity index (χ3n) is 1.95. The number of aromatic nitrogens is 1. The van der Waals surface area contributed by atoms with Crippen molar-refractivity contribution in [1.29, 1.82) is 0 Å².